The number of hydrogen-bond donors (Lipinski definition) is 0. The molecule has 20 nitrogen and oxygen atoms in total. The third kappa shape index (κ3) is 26.4. The standard InChI is InChI=1S/C12H8N3O3PS.C10H6Cl2NO3PS.C10H18N4O4S3.C6H13O2PS/c1-3-16-19(20,17-4-2)18-12-13-10-15(14-12)11-8-6-5-7-9-11;1-4-14-17(18,15-5-2)16-10-8(11)6-7(3)9(12)13-10;1-7(19-5)11-17-9(15)13(3)21-14(4)10(16)18-12-8(2)20-6;1-6(2)5-9(7,8-3)10-4/h1-2,5-10H;1-2,6H,3H3;1-6H3;1,5H2,2-4H3/b;;11-7+,12-8+;. The average molecular weight is 1160 g/mol. The highest BCUT2D eigenvalue weighted by Crippen LogP contribution is 2.58. The summed E-state index contributed by atoms with van der Waals surface area (Å²) in [7, 11) is 4.36. The molecule has 1 aromatic carbocycles. The zero-order chi connectivity index (χ0) is 52.8. The fourth-order valence-corrected chi connectivity index (χ4v) is 9.45. The molecule has 0 N–H and O–H groups in total. The third-order valence-electron chi connectivity index (χ3n) is 6.49. The smallest absolute Gasteiger partial charge is 0.386 e. The van der Waals surface area contributed by atoms with Gasteiger partial charge < -0.3 is 31.7 Å². The minimum Gasteiger partial charge on any atom is -0.386 e. The van der Waals surface area contributed by atoms with Crippen molar-refractivity contribution in [1.29, 1.82) is 0 Å². The summed E-state index contributed by atoms with van der Waals surface area (Å²) in [4.78, 5) is 40.4. The molecule has 1 unspecified atom stereocenters. The number of hydrogen-bond acceptors (Lipinski definition) is 23. The van der Waals surface area contributed by atoms with E-state index in [9.17, 15) is 14.2 Å². The number of aryl methyl sites for hydroxylation is 1. The summed E-state index contributed by atoms with van der Waals surface area (Å²) < 4.78 is 49.4. The highest BCUT2D eigenvalue weighted by atomic mass is 35.5. The van der Waals surface area contributed by atoms with Crippen LogP contribution < -0.4 is 9.05 Å². The minimum atomic E-state index is -3.35. The molecule has 0 fully saturated rings. The van der Waals surface area contributed by atoms with E-state index in [2.05, 4.69) is 41.6 Å². The first-order valence-corrected chi connectivity index (χ1v) is 30.7. The van der Waals surface area contributed by atoms with Crippen molar-refractivity contribution < 1.29 is 55.5 Å². The minimum absolute atomic E-state index is 0.0392. The van der Waals surface area contributed by atoms with Gasteiger partial charge in [0, 0.05) is 44.8 Å². The van der Waals surface area contributed by atoms with Gasteiger partial charge in [-0.25, -0.2) is 22.9 Å². The number of benzene rings is 1. The number of carbonyl (C=O) groups excluding carboxylic acids is 2. The number of thioether (sulfide) groups is 2. The van der Waals surface area contributed by atoms with Crippen molar-refractivity contribution in [3.63, 3.8) is 0 Å². The first kappa shape index (κ1) is 64.6. The van der Waals surface area contributed by atoms with E-state index in [1.165, 1.54) is 67.1 Å². The summed E-state index contributed by atoms with van der Waals surface area (Å²) in [6.07, 6.45) is 33.4. The van der Waals surface area contributed by atoms with Crippen LogP contribution in [0.4, 0.5) is 9.59 Å². The van der Waals surface area contributed by atoms with Gasteiger partial charge in [-0.1, -0.05) is 101 Å². The van der Waals surface area contributed by atoms with Gasteiger partial charge in [0.15, 0.2) is 0 Å². The normalized spacial score (nSPS) is 11.5. The zero-order valence-electron chi connectivity index (χ0n) is 38.3. The lowest BCUT2D eigenvalue weighted by Crippen LogP contribution is -2.28. The van der Waals surface area contributed by atoms with E-state index in [0.717, 1.165) is 32.0 Å². The van der Waals surface area contributed by atoms with Gasteiger partial charge in [0.1, 0.15) is 51.0 Å². The Morgan fingerprint density at radius 1 is 0.855 bits per heavy atom. The van der Waals surface area contributed by atoms with Crippen LogP contribution in [-0.2, 0) is 60.5 Å². The topological polar surface area (TPSA) is 209 Å². The van der Waals surface area contributed by atoms with E-state index in [1.54, 1.807) is 33.1 Å². The fourth-order valence-electron chi connectivity index (χ4n) is 3.36. The predicted molar refractivity (Wildman–Crippen MR) is 287 cm³/mol. The molecule has 374 valence electrons. The number of amides is 2. The van der Waals surface area contributed by atoms with Gasteiger partial charge in [-0.15, -0.1) is 28.6 Å². The molecule has 0 spiro atoms. The van der Waals surface area contributed by atoms with Gasteiger partial charge in [0.05, 0.1) is 24.0 Å². The molecule has 0 aliphatic carbocycles. The molecular weight excluding hydrogens is 1120 g/mol. The Morgan fingerprint density at radius 2 is 1.32 bits per heavy atom. The van der Waals surface area contributed by atoms with Crippen molar-refractivity contribution in [1.82, 2.24) is 28.4 Å². The Morgan fingerprint density at radius 3 is 1.71 bits per heavy atom. The number of carbonyl (C=O) groups is 2. The second-order valence-electron chi connectivity index (χ2n) is 11.6. The molecule has 2 aromatic heterocycles. The Bertz CT molecular complexity index is 2490. The molecule has 69 heavy (non-hydrogen) atoms. The number of nitrogens with zero attached hydrogens (tertiary/aromatic N) is 8. The molecule has 0 aliphatic rings. The van der Waals surface area contributed by atoms with Crippen molar-refractivity contribution in [3.8, 4) is 67.7 Å². The molecular formula is C38H45Cl2N8O12P3S6. The highest BCUT2D eigenvalue weighted by Gasteiger charge is 2.28. The van der Waals surface area contributed by atoms with Gasteiger partial charge in [0.25, 0.3) is 6.57 Å². The van der Waals surface area contributed by atoms with Crippen molar-refractivity contribution in [2.45, 2.75) is 27.7 Å². The fraction of sp³-hybridized carbons (Fsp3) is 0.289. The van der Waals surface area contributed by atoms with Gasteiger partial charge in [0.2, 0.25) is 5.88 Å². The lowest BCUT2D eigenvalue weighted by atomic mass is 10.3. The molecule has 0 bridgehead atoms. The van der Waals surface area contributed by atoms with Gasteiger partial charge in [-0.2, -0.15) is 9.97 Å². The van der Waals surface area contributed by atoms with Crippen LogP contribution in [0, 0.1) is 57.0 Å². The van der Waals surface area contributed by atoms with Gasteiger partial charge >= 0.3 is 31.6 Å². The van der Waals surface area contributed by atoms with Crippen LogP contribution in [0.1, 0.15) is 26.3 Å². The molecule has 1 atom stereocenters. The van der Waals surface area contributed by atoms with Crippen LogP contribution in [0.15, 0.2) is 65.2 Å². The molecule has 2 heterocycles. The maximum Gasteiger partial charge on any atom is 0.509 e. The van der Waals surface area contributed by atoms with Crippen LogP contribution in [0.2, 0.25) is 10.2 Å². The van der Waals surface area contributed by atoms with Crippen LogP contribution >= 0.6 is 90.2 Å². The maximum absolute atomic E-state index is 11.6. The van der Waals surface area contributed by atoms with Crippen molar-refractivity contribution in [2.75, 3.05) is 46.1 Å². The third-order valence-corrected chi connectivity index (χ3v) is 17.2. The Balaban J connectivity index is 0.000000918. The monoisotopic (exact) mass is 1160 g/mol. The molecule has 0 saturated heterocycles. The number of oxime groups is 2. The van der Waals surface area contributed by atoms with Crippen molar-refractivity contribution in [3.05, 3.63) is 70.6 Å². The summed E-state index contributed by atoms with van der Waals surface area (Å²) >= 11 is 26.5. The average Bonchev–Trinajstić information content (AvgIpc) is 3.77. The van der Waals surface area contributed by atoms with Crippen LogP contribution in [0.25, 0.3) is 5.69 Å². The molecule has 31 heteroatoms. The highest BCUT2D eigenvalue weighted by molar-refractivity contribution is 8.56. The van der Waals surface area contributed by atoms with E-state index in [1.807, 2.05) is 74.2 Å². The molecule has 3 rings (SSSR count). The molecule has 3 aromatic rings. The Kier molecular flexibility index (Phi) is 31.9. The first-order valence-electron chi connectivity index (χ1n) is 18.0. The number of para-hydroxylation sites is 1. The second kappa shape index (κ2) is 34.0. The van der Waals surface area contributed by atoms with E-state index in [4.69, 9.17) is 104 Å². The van der Waals surface area contributed by atoms with E-state index in [-0.39, 0.29) is 22.1 Å². The number of allylic oxidation sites excluding steroid dienone is 1. The second-order valence-corrected chi connectivity index (χ2v) is 26.2. The number of terminal acetylenes is 4. The molecule has 2 amide bonds. The van der Waals surface area contributed by atoms with E-state index >= 15 is 0 Å². The van der Waals surface area contributed by atoms with Crippen LogP contribution in [0.3, 0.4) is 0 Å². The van der Waals surface area contributed by atoms with Crippen LogP contribution in [0.5, 0.6) is 11.9 Å². The quantitative estimate of drug-likeness (QED) is 0.0142. The van der Waals surface area contributed by atoms with Gasteiger partial charge in [-0.05, 0) is 70.2 Å². The summed E-state index contributed by atoms with van der Waals surface area (Å²) in [5.41, 5.74) is 2.39. The summed E-state index contributed by atoms with van der Waals surface area (Å²) in [6.45, 7) is 1.61. The summed E-state index contributed by atoms with van der Waals surface area (Å²) in [5.74, 6) is -0.0545. The maximum atomic E-state index is 11.6. The molecule has 0 aliphatic heterocycles. The summed E-state index contributed by atoms with van der Waals surface area (Å²) in [6, 6.07) is 10.8. The SMILES string of the molecule is C#COP(=S)(OC#C)Oc1nc(Cl)c(C)cc1Cl.C#COP(=S)(OC#C)Oc1ncn(-c2ccccc2)n1.C=C(C)CP(=O)(OC)SC.CS/C(C)=N/OC(=O)N(C)SN(C)C(=O)O/N=C(\C)SC. The van der Waals surface area contributed by atoms with Crippen molar-refractivity contribution >= 4 is 136 Å². The van der Waals surface area contributed by atoms with Crippen LogP contribution in [-0.4, -0.2) is 96.8 Å². The molecule has 0 radical (unpaired) electrons. The number of aromatic nitrogens is 4. The number of rotatable bonds is 17. The molecule has 0 saturated carbocycles. The first-order chi connectivity index (χ1) is 32.4. The van der Waals surface area contributed by atoms with E-state index < -0.39 is 32.2 Å². The zero-order valence-corrected chi connectivity index (χ0v) is 47.4. The van der Waals surface area contributed by atoms with E-state index in [0.29, 0.717) is 21.8 Å². The van der Waals surface area contributed by atoms with Crippen molar-refractivity contribution in [2.24, 2.45) is 10.3 Å². The number of halogens is 2. The lowest BCUT2D eigenvalue weighted by molar-refractivity contribution is 0.131. The van der Waals surface area contributed by atoms with Gasteiger partial charge in [-0.3, -0.25) is 14.2 Å². The summed E-state index contributed by atoms with van der Waals surface area (Å²) in [5, 5.41) is 12.9. The Hall–Kier alpha value is -4.36. The Labute approximate surface area is 439 Å². The largest absolute Gasteiger partial charge is 0.509 e. The number of pyridine rings is 1. The predicted octanol–water partition coefficient (Wildman–Crippen LogP) is 11.4. The lowest BCUT2D eigenvalue weighted by Gasteiger charge is -2.19.